The number of hydrogen-bond donors (Lipinski definition) is 0. The number of nitro groups is 1. The predicted molar refractivity (Wildman–Crippen MR) is 125 cm³/mol. The molecule has 3 aliphatic rings. The number of carbonyl (C=O) groups excluding carboxylic acids is 3. The van der Waals surface area contributed by atoms with Crippen molar-refractivity contribution in [3.63, 3.8) is 0 Å². The molecule has 0 saturated carbocycles. The monoisotopic (exact) mass is 468 g/mol. The van der Waals surface area contributed by atoms with Crippen molar-refractivity contribution in [3.8, 4) is 6.07 Å². The molecule has 2 aromatic carbocycles. The highest BCUT2D eigenvalue weighted by Gasteiger charge is 2.63. The van der Waals surface area contributed by atoms with E-state index in [9.17, 15) is 29.8 Å². The molecule has 9 heteroatoms. The summed E-state index contributed by atoms with van der Waals surface area (Å²) in [6.07, 6.45) is 4.70. The Balaban J connectivity index is 1.62. The first-order valence-corrected chi connectivity index (χ1v) is 11.0. The fourth-order valence-corrected chi connectivity index (χ4v) is 5.36. The maximum Gasteiger partial charge on any atom is 0.270 e. The standard InChI is InChI=1S/C26H20N4O5/c1-14-6-7-19(15(2)10-14)29-25(32)21-20-11-16(13-27)8-9-28(20)23(22(21)26(29)33)24(31)17-4-3-5-18(12-17)30(34)35/h3-12,20-23H,1-2H3/t20-,21+,22-,23+/m1/s1. The molecule has 2 fully saturated rings. The van der Waals surface area contributed by atoms with E-state index in [0.29, 0.717) is 11.3 Å². The molecule has 3 heterocycles. The number of anilines is 1. The fourth-order valence-electron chi connectivity index (χ4n) is 5.36. The van der Waals surface area contributed by atoms with E-state index >= 15 is 0 Å². The van der Waals surface area contributed by atoms with Crippen molar-refractivity contribution in [3.05, 3.63) is 93.2 Å². The smallest absolute Gasteiger partial charge is 0.270 e. The molecule has 3 aliphatic heterocycles. The Hall–Kier alpha value is -4.58. The third-order valence-electron chi connectivity index (χ3n) is 6.88. The Morgan fingerprint density at radius 3 is 2.51 bits per heavy atom. The van der Waals surface area contributed by atoms with E-state index < -0.39 is 46.4 Å². The number of imide groups is 1. The third-order valence-corrected chi connectivity index (χ3v) is 6.88. The first-order chi connectivity index (χ1) is 16.7. The van der Waals surface area contributed by atoms with Crippen LogP contribution in [0.15, 0.2) is 66.4 Å². The van der Waals surface area contributed by atoms with Crippen molar-refractivity contribution in [1.82, 2.24) is 4.90 Å². The number of fused-ring (bicyclic) bond motifs is 3. The number of aryl methyl sites for hydroxylation is 2. The number of nitriles is 1. The van der Waals surface area contributed by atoms with Gasteiger partial charge in [0, 0.05) is 23.9 Å². The van der Waals surface area contributed by atoms with Crippen LogP contribution in [-0.4, -0.2) is 39.5 Å². The first-order valence-electron chi connectivity index (χ1n) is 11.0. The largest absolute Gasteiger partial charge is 0.359 e. The van der Waals surface area contributed by atoms with Crippen molar-refractivity contribution in [1.29, 1.82) is 5.26 Å². The van der Waals surface area contributed by atoms with Crippen LogP contribution in [0.1, 0.15) is 21.5 Å². The van der Waals surface area contributed by atoms with Crippen molar-refractivity contribution in [2.24, 2.45) is 11.8 Å². The molecule has 2 amide bonds. The third kappa shape index (κ3) is 3.34. The Labute approximate surface area is 200 Å². The summed E-state index contributed by atoms with van der Waals surface area (Å²) in [6.45, 7) is 3.72. The number of Topliss-reactive ketones (excluding diaryl/α,β-unsaturated/α-hetero) is 1. The number of allylic oxidation sites excluding steroid dienone is 2. The van der Waals surface area contributed by atoms with Crippen LogP contribution in [0.4, 0.5) is 11.4 Å². The minimum Gasteiger partial charge on any atom is -0.359 e. The van der Waals surface area contributed by atoms with Crippen LogP contribution >= 0.6 is 0 Å². The predicted octanol–water partition coefficient (Wildman–Crippen LogP) is 3.23. The van der Waals surface area contributed by atoms with Crippen LogP contribution in [0.25, 0.3) is 0 Å². The molecule has 4 atom stereocenters. The van der Waals surface area contributed by atoms with E-state index in [1.54, 1.807) is 23.2 Å². The molecule has 35 heavy (non-hydrogen) atoms. The average molecular weight is 468 g/mol. The van der Waals surface area contributed by atoms with Gasteiger partial charge in [-0.05, 0) is 37.6 Å². The van der Waals surface area contributed by atoms with Crippen molar-refractivity contribution in [2.75, 3.05) is 4.90 Å². The van der Waals surface area contributed by atoms with Gasteiger partial charge in [0.25, 0.3) is 5.69 Å². The SMILES string of the molecule is Cc1ccc(N2C(=O)[C@@H]3[C@@H](C2=O)[C@@H](C(=O)c2cccc([N+](=O)[O-])c2)N2C=CC(C#N)=C[C@H]32)c(C)c1. The number of non-ortho nitro benzene ring substituents is 1. The van der Waals surface area contributed by atoms with E-state index in [1.165, 1.54) is 30.3 Å². The fraction of sp³-hybridized carbons (Fsp3) is 0.231. The van der Waals surface area contributed by atoms with Gasteiger partial charge in [-0.1, -0.05) is 29.8 Å². The molecule has 2 saturated heterocycles. The van der Waals surface area contributed by atoms with Crippen molar-refractivity contribution >= 4 is 29.0 Å². The zero-order valence-electron chi connectivity index (χ0n) is 18.9. The Bertz CT molecular complexity index is 1420. The zero-order chi connectivity index (χ0) is 25.0. The van der Waals surface area contributed by atoms with Gasteiger partial charge in [-0.15, -0.1) is 0 Å². The molecule has 0 radical (unpaired) electrons. The second-order valence-corrected chi connectivity index (χ2v) is 8.96. The molecule has 0 spiro atoms. The van der Waals surface area contributed by atoms with Gasteiger partial charge < -0.3 is 4.90 Å². The van der Waals surface area contributed by atoms with Gasteiger partial charge in [0.1, 0.15) is 6.04 Å². The van der Waals surface area contributed by atoms with Crippen LogP contribution in [0.2, 0.25) is 0 Å². The maximum absolute atomic E-state index is 13.8. The highest BCUT2D eigenvalue weighted by molar-refractivity contribution is 6.25. The van der Waals surface area contributed by atoms with E-state index in [4.69, 9.17) is 0 Å². The Kier molecular flexibility index (Phi) is 5.09. The number of rotatable bonds is 4. The summed E-state index contributed by atoms with van der Waals surface area (Å²) in [5.74, 6) is -3.29. The molecule has 2 aromatic rings. The maximum atomic E-state index is 13.8. The summed E-state index contributed by atoms with van der Waals surface area (Å²) < 4.78 is 0. The molecule has 9 nitrogen and oxygen atoms in total. The molecule has 0 aliphatic carbocycles. The molecule has 0 unspecified atom stereocenters. The van der Waals surface area contributed by atoms with Crippen LogP contribution in [0.3, 0.4) is 0 Å². The van der Waals surface area contributed by atoms with E-state index in [0.717, 1.165) is 16.0 Å². The van der Waals surface area contributed by atoms with E-state index in [-0.39, 0.29) is 11.3 Å². The summed E-state index contributed by atoms with van der Waals surface area (Å²) in [6, 6.07) is 11.1. The normalized spacial score (nSPS) is 24.7. The van der Waals surface area contributed by atoms with Crippen LogP contribution in [0.5, 0.6) is 0 Å². The van der Waals surface area contributed by atoms with Crippen molar-refractivity contribution in [2.45, 2.75) is 25.9 Å². The molecule has 0 aromatic heterocycles. The Morgan fingerprint density at radius 1 is 1.09 bits per heavy atom. The summed E-state index contributed by atoms with van der Waals surface area (Å²) in [5.41, 5.74) is 2.37. The number of hydrogen-bond acceptors (Lipinski definition) is 7. The first kappa shape index (κ1) is 22.2. The Morgan fingerprint density at radius 2 is 1.83 bits per heavy atom. The van der Waals surface area contributed by atoms with Gasteiger partial charge in [-0.3, -0.25) is 24.5 Å². The number of ketones is 1. The van der Waals surface area contributed by atoms with Crippen LogP contribution < -0.4 is 4.90 Å². The lowest BCUT2D eigenvalue weighted by Crippen LogP contribution is -2.46. The molecular formula is C26H20N4O5. The molecule has 0 bridgehead atoms. The van der Waals surface area contributed by atoms with Gasteiger partial charge in [-0.2, -0.15) is 5.26 Å². The number of benzene rings is 2. The number of amides is 2. The topological polar surface area (TPSA) is 125 Å². The number of nitrogens with zero attached hydrogens (tertiary/aromatic N) is 4. The molecular weight excluding hydrogens is 448 g/mol. The van der Waals surface area contributed by atoms with Gasteiger partial charge in [0.05, 0.1) is 40.1 Å². The lowest BCUT2D eigenvalue weighted by molar-refractivity contribution is -0.384. The van der Waals surface area contributed by atoms with Crippen LogP contribution in [-0.2, 0) is 9.59 Å². The molecule has 5 rings (SSSR count). The summed E-state index contributed by atoms with van der Waals surface area (Å²) in [4.78, 5) is 54.6. The second-order valence-electron chi connectivity index (χ2n) is 8.96. The van der Waals surface area contributed by atoms with Crippen LogP contribution in [0, 0.1) is 47.1 Å². The minimum atomic E-state index is -1.05. The van der Waals surface area contributed by atoms with Gasteiger partial charge >= 0.3 is 0 Å². The highest BCUT2D eigenvalue weighted by atomic mass is 16.6. The van der Waals surface area contributed by atoms with Gasteiger partial charge in [0.2, 0.25) is 11.8 Å². The second kappa shape index (κ2) is 8.02. The summed E-state index contributed by atoms with van der Waals surface area (Å²) in [7, 11) is 0. The summed E-state index contributed by atoms with van der Waals surface area (Å²) >= 11 is 0. The summed E-state index contributed by atoms with van der Waals surface area (Å²) in [5, 5.41) is 20.7. The quantitative estimate of drug-likeness (QED) is 0.292. The zero-order valence-corrected chi connectivity index (χ0v) is 18.9. The lowest BCUT2D eigenvalue weighted by Gasteiger charge is -2.32. The van der Waals surface area contributed by atoms with E-state index in [2.05, 4.69) is 6.07 Å². The van der Waals surface area contributed by atoms with Gasteiger partial charge in [0.15, 0.2) is 5.78 Å². The molecule has 174 valence electrons. The minimum absolute atomic E-state index is 0.0808. The average Bonchev–Trinajstić information content (AvgIpc) is 3.31. The number of carbonyl (C=O) groups is 3. The highest BCUT2D eigenvalue weighted by Crippen LogP contribution is 2.47. The van der Waals surface area contributed by atoms with Gasteiger partial charge in [-0.25, -0.2) is 4.90 Å². The van der Waals surface area contributed by atoms with Crippen molar-refractivity contribution < 1.29 is 19.3 Å². The number of nitro benzene ring substituents is 1. The molecule has 0 N–H and O–H groups in total. The van der Waals surface area contributed by atoms with E-state index in [1.807, 2.05) is 26.0 Å². The lowest BCUT2D eigenvalue weighted by atomic mass is 9.86.